The van der Waals surface area contributed by atoms with Gasteiger partial charge in [0.05, 0.1) is 13.2 Å². The number of nitrogens with one attached hydrogen (secondary N) is 1. The lowest BCUT2D eigenvalue weighted by molar-refractivity contribution is 0.0893. The molecule has 0 aromatic heterocycles. The predicted molar refractivity (Wildman–Crippen MR) is 117 cm³/mol. The van der Waals surface area contributed by atoms with Crippen molar-refractivity contribution in [1.29, 1.82) is 0 Å². The fraction of sp³-hybridized carbons (Fsp3) is 0.682. The Bertz CT molecular complexity index is 578. The minimum absolute atomic E-state index is 0.594. The number of rotatable bonds is 10. The predicted octanol–water partition coefficient (Wildman–Crippen LogP) is 3.51. The van der Waals surface area contributed by atoms with E-state index < -0.39 is 0 Å². The van der Waals surface area contributed by atoms with Crippen LogP contribution in [0.3, 0.4) is 0 Å². The average molecular weight is 406 g/mol. The number of ether oxygens (including phenoxy) is 2. The summed E-state index contributed by atoms with van der Waals surface area (Å²) in [6.45, 7) is 9.45. The fourth-order valence-corrected chi connectivity index (χ4v) is 4.68. The molecule has 156 valence electrons. The van der Waals surface area contributed by atoms with Crippen LogP contribution in [0.1, 0.15) is 26.2 Å². The average Bonchev–Trinajstić information content (AvgIpc) is 3.41. The van der Waals surface area contributed by atoms with Gasteiger partial charge in [0.1, 0.15) is 0 Å². The first kappa shape index (κ1) is 21.5. The number of hydrogen-bond acceptors (Lipinski definition) is 4. The lowest BCUT2D eigenvalue weighted by Crippen LogP contribution is -2.40. The minimum Gasteiger partial charge on any atom is -0.381 e. The lowest BCUT2D eigenvalue weighted by Gasteiger charge is -2.21. The molecule has 0 amide bonds. The van der Waals surface area contributed by atoms with E-state index in [4.69, 9.17) is 14.5 Å². The van der Waals surface area contributed by atoms with Crippen molar-refractivity contribution in [2.45, 2.75) is 31.1 Å². The molecule has 1 aromatic rings. The lowest BCUT2D eigenvalue weighted by atomic mass is 10.1. The Morgan fingerprint density at radius 2 is 2.18 bits per heavy atom. The van der Waals surface area contributed by atoms with Gasteiger partial charge in [-0.1, -0.05) is 18.2 Å². The Balaban J connectivity index is 1.35. The van der Waals surface area contributed by atoms with Crippen LogP contribution in [0.5, 0.6) is 0 Å². The molecule has 0 radical (unpaired) electrons. The van der Waals surface area contributed by atoms with Crippen molar-refractivity contribution in [3.63, 3.8) is 0 Å². The molecule has 1 aromatic carbocycles. The highest BCUT2D eigenvalue weighted by atomic mass is 32.2. The molecule has 0 saturated carbocycles. The third kappa shape index (κ3) is 7.30. The molecule has 2 fully saturated rings. The number of benzene rings is 1. The zero-order valence-electron chi connectivity index (χ0n) is 17.1. The summed E-state index contributed by atoms with van der Waals surface area (Å²) in [6.07, 6.45) is 3.36. The topological polar surface area (TPSA) is 46.1 Å². The van der Waals surface area contributed by atoms with Crippen molar-refractivity contribution >= 4 is 17.7 Å². The third-order valence-corrected chi connectivity index (χ3v) is 6.48. The van der Waals surface area contributed by atoms with E-state index >= 15 is 0 Å². The van der Waals surface area contributed by atoms with Crippen LogP contribution in [-0.2, 0) is 9.47 Å². The minimum atomic E-state index is 0.594. The molecule has 2 unspecified atom stereocenters. The second kappa shape index (κ2) is 12.3. The molecule has 2 aliphatic heterocycles. The van der Waals surface area contributed by atoms with Crippen LogP contribution in [0, 0.1) is 11.8 Å². The number of nitrogens with zero attached hydrogens (tertiary/aromatic N) is 2. The summed E-state index contributed by atoms with van der Waals surface area (Å²) >= 11 is 1.97. The molecule has 0 aliphatic carbocycles. The van der Waals surface area contributed by atoms with E-state index in [1.165, 1.54) is 17.1 Å². The summed E-state index contributed by atoms with van der Waals surface area (Å²) in [5.74, 6) is 3.57. The first-order valence-corrected chi connectivity index (χ1v) is 11.7. The largest absolute Gasteiger partial charge is 0.381 e. The summed E-state index contributed by atoms with van der Waals surface area (Å²) < 4.78 is 11.2. The normalized spacial score (nSPS) is 22.8. The Kier molecular flexibility index (Phi) is 9.47. The van der Waals surface area contributed by atoms with Gasteiger partial charge in [-0.25, -0.2) is 0 Å². The Morgan fingerprint density at radius 3 is 2.96 bits per heavy atom. The van der Waals surface area contributed by atoms with E-state index in [-0.39, 0.29) is 0 Å². The van der Waals surface area contributed by atoms with Gasteiger partial charge < -0.3 is 19.7 Å². The molecule has 6 heteroatoms. The summed E-state index contributed by atoms with van der Waals surface area (Å²) in [4.78, 5) is 8.63. The molecule has 2 saturated heterocycles. The number of likely N-dealkylation sites (tertiary alicyclic amines) is 1. The summed E-state index contributed by atoms with van der Waals surface area (Å²) in [5.41, 5.74) is 0. The van der Waals surface area contributed by atoms with Gasteiger partial charge in [-0.15, -0.1) is 11.8 Å². The summed E-state index contributed by atoms with van der Waals surface area (Å²) in [5, 5.41) is 3.47. The zero-order chi connectivity index (χ0) is 19.4. The Morgan fingerprint density at radius 1 is 1.29 bits per heavy atom. The fourth-order valence-electron chi connectivity index (χ4n) is 3.63. The molecule has 28 heavy (non-hydrogen) atoms. The van der Waals surface area contributed by atoms with Gasteiger partial charge >= 0.3 is 0 Å². The van der Waals surface area contributed by atoms with Crippen molar-refractivity contribution in [2.24, 2.45) is 16.8 Å². The second-order valence-electron chi connectivity index (χ2n) is 7.62. The number of hydrogen-bond donors (Lipinski definition) is 1. The van der Waals surface area contributed by atoms with E-state index in [1.807, 2.05) is 11.8 Å². The number of guanidine groups is 1. The van der Waals surface area contributed by atoms with E-state index in [2.05, 4.69) is 47.5 Å². The highest BCUT2D eigenvalue weighted by Crippen LogP contribution is 2.25. The van der Waals surface area contributed by atoms with Crippen molar-refractivity contribution in [1.82, 2.24) is 10.2 Å². The van der Waals surface area contributed by atoms with Crippen LogP contribution >= 0.6 is 11.8 Å². The Labute approximate surface area is 174 Å². The quantitative estimate of drug-likeness (QED) is 0.279. The highest BCUT2D eigenvalue weighted by Gasteiger charge is 2.24. The van der Waals surface area contributed by atoms with Crippen LogP contribution in [0.25, 0.3) is 0 Å². The van der Waals surface area contributed by atoms with Crippen molar-refractivity contribution < 1.29 is 9.47 Å². The second-order valence-corrected chi connectivity index (χ2v) is 8.71. The third-order valence-electron chi connectivity index (χ3n) is 5.24. The monoisotopic (exact) mass is 405 g/mol. The molecular formula is C22H35N3O2S. The van der Waals surface area contributed by atoms with Crippen molar-refractivity contribution in [2.75, 3.05) is 58.4 Å². The highest BCUT2D eigenvalue weighted by molar-refractivity contribution is 7.99. The summed E-state index contributed by atoms with van der Waals surface area (Å²) in [7, 11) is 0. The van der Waals surface area contributed by atoms with Gasteiger partial charge in [0.15, 0.2) is 5.96 Å². The van der Waals surface area contributed by atoms with Crippen LogP contribution in [-0.4, -0.2) is 69.2 Å². The molecule has 2 atom stereocenters. The van der Waals surface area contributed by atoms with Gasteiger partial charge in [-0.3, -0.25) is 4.99 Å². The van der Waals surface area contributed by atoms with E-state index in [0.717, 1.165) is 77.3 Å². The van der Waals surface area contributed by atoms with Crippen molar-refractivity contribution in [3.8, 4) is 0 Å². The number of thioether (sulfide) groups is 1. The molecular weight excluding hydrogens is 370 g/mol. The molecule has 0 spiro atoms. The molecule has 5 nitrogen and oxygen atoms in total. The van der Waals surface area contributed by atoms with E-state index in [9.17, 15) is 0 Å². The maximum Gasteiger partial charge on any atom is 0.193 e. The standard InChI is InChI=1S/C22H35N3O2S/c1-2-23-22(24-11-6-13-26-16-20-10-14-27-17-20)25-12-9-19(15-25)18-28-21-7-4-3-5-8-21/h3-5,7-8,19-20H,2,6,9-18H2,1H3,(H,23,24). The Hall–Kier alpha value is -1.24. The van der Waals surface area contributed by atoms with Gasteiger partial charge in [-0.2, -0.15) is 0 Å². The van der Waals surface area contributed by atoms with Gasteiger partial charge in [0.2, 0.25) is 0 Å². The SMILES string of the molecule is CCNC(=NCCCOCC1CCOC1)N1CCC(CSc2ccccc2)C1. The molecule has 0 bridgehead atoms. The molecule has 2 aliphatic rings. The van der Waals surface area contributed by atoms with Crippen LogP contribution in [0.15, 0.2) is 40.2 Å². The molecule has 2 heterocycles. The summed E-state index contributed by atoms with van der Waals surface area (Å²) in [6, 6.07) is 10.7. The molecule has 1 N–H and O–H groups in total. The van der Waals surface area contributed by atoms with Gasteiger partial charge in [0.25, 0.3) is 0 Å². The van der Waals surface area contributed by atoms with Crippen molar-refractivity contribution in [3.05, 3.63) is 30.3 Å². The van der Waals surface area contributed by atoms with Gasteiger partial charge in [0, 0.05) is 56.0 Å². The first-order valence-electron chi connectivity index (χ1n) is 10.7. The zero-order valence-corrected chi connectivity index (χ0v) is 18.0. The molecule has 3 rings (SSSR count). The maximum atomic E-state index is 5.79. The van der Waals surface area contributed by atoms with Gasteiger partial charge in [-0.05, 0) is 44.2 Å². The van der Waals surface area contributed by atoms with Crippen LogP contribution in [0.2, 0.25) is 0 Å². The van der Waals surface area contributed by atoms with Crippen LogP contribution < -0.4 is 5.32 Å². The van der Waals surface area contributed by atoms with E-state index in [0.29, 0.717) is 5.92 Å². The van der Waals surface area contributed by atoms with Crippen LogP contribution in [0.4, 0.5) is 0 Å². The van der Waals surface area contributed by atoms with E-state index in [1.54, 1.807) is 0 Å². The maximum absolute atomic E-state index is 5.79. The first-order chi connectivity index (χ1) is 13.8. The number of aliphatic imine (C=N–C) groups is 1. The smallest absolute Gasteiger partial charge is 0.193 e.